The Morgan fingerprint density at radius 3 is 2.21 bits per heavy atom. The van der Waals surface area contributed by atoms with Crippen molar-refractivity contribution in [2.45, 2.75) is 20.8 Å². The van der Waals surface area contributed by atoms with E-state index in [0.717, 1.165) is 17.0 Å². The molecule has 2 heterocycles. The van der Waals surface area contributed by atoms with E-state index in [2.05, 4.69) is 25.4 Å². The van der Waals surface area contributed by atoms with Crippen LogP contribution in [0.25, 0.3) is 5.95 Å². The highest BCUT2D eigenvalue weighted by molar-refractivity contribution is 5.39. The van der Waals surface area contributed by atoms with E-state index in [1.165, 1.54) is 0 Å². The summed E-state index contributed by atoms with van der Waals surface area (Å²) in [4.78, 5) is 14.9. The fourth-order valence-corrected chi connectivity index (χ4v) is 1.68. The zero-order chi connectivity index (χ0) is 14.2. The summed E-state index contributed by atoms with van der Waals surface area (Å²) in [7, 11) is 5.57. The van der Waals surface area contributed by atoms with Crippen molar-refractivity contribution in [2.24, 2.45) is 0 Å². The van der Waals surface area contributed by atoms with Gasteiger partial charge in [0.1, 0.15) is 0 Å². The summed E-state index contributed by atoms with van der Waals surface area (Å²) >= 11 is 0. The number of aromatic nitrogens is 5. The first-order chi connectivity index (χ1) is 8.93. The summed E-state index contributed by atoms with van der Waals surface area (Å²) in [6.45, 7) is 6.03. The zero-order valence-corrected chi connectivity index (χ0v) is 12.2. The van der Waals surface area contributed by atoms with Crippen molar-refractivity contribution in [3.05, 3.63) is 17.0 Å². The van der Waals surface area contributed by atoms with Gasteiger partial charge in [-0.1, -0.05) is 0 Å². The maximum Gasteiger partial charge on any atom is 0.257 e. The second-order valence-electron chi connectivity index (χ2n) is 4.61. The molecule has 102 valence electrons. The lowest BCUT2D eigenvalue weighted by Gasteiger charge is -2.12. The van der Waals surface area contributed by atoms with Gasteiger partial charge in [0.05, 0.1) is 5.69 Å². The van der Waals surface area contributed by atoms with Gasteiger partial charge in [0.15, 0.2) is 0 Å². The lowest BCUT2D eigenvalue weighted by molar-refractivity contribution is 0.761. The number of hydrogen-bond acceptors (Lipinski definition) is 6. The Morgan fingerprint density at radius 2 is 1.74 bits per heavy atom. The van der Waals surface area contributed by atoms with Crippen LogP contribution in [0.4, 0.5) is 11.9 Å². The van der Waals surface area contributed by atoms with E-state index < -0.39 is 0 Å². The Morgan fingerprint density at radius 1 is 1.05 bits per heavy atom. The van der Waals surface area contributed by atoms with Gasteiger partial charge in [0.25, 0.3) is 5.95 Å². The van der Waals surface area contributed by atoms with Crippen molar-refractivity contribution >= 4 is 11.9 Å². The third-order valence-electron chi connectivity index (χ3n) is 3.08. The van der Waals surface area contributed by atoms with Crippen LogP contribution in [-0.2, 0) is 0 Å². The molecule has 2 rings (SSSR count). The SMILES string of the molecule is CNc1nc(N(C)C)nc(-n2nc(C)c(C)c2C)n1. The first-order valence-electron chi connectivity index (χ1n) is 6.08. The van der Waals surface area contributed by atoms with Crippen molar-refractivity contribution in [1.82, 2.24) is 24.7 Å². The highest BCUT2D eigenvalue weighted by Crippen LogP contribution is 2.16. The highest BCUT2D eigenvalue weighted by atomic mass is 15.4. The molecule has 0 fully saturated rings. The second-order valence-corrected chi connectivity index (χ2v) is 4.61. The molecule has 0 aliphatic rings. The van der Waals surface area contributed by atoms with Gasteiger partial charge in [-0.25, -0.2) is 4.68 Å². The molecule has 0 aliphatic carbocycles. The average Bonchev–Trinajstić information content (AvgIpc) is 2.66. The maximum atomic E-state index is 4.47. The van der Waals surface area contributed by atoms with Crippen LogP contribution in [0.3, 0.4) is 0 Å². The van der Waals surface area contributed by atoms with Gasteiger partial charge in [0, 0.05) is 26.8 Å². The smallest absolute Gasteiger partial charge is 0.257 e. The molecule has 0 aliphatic heterocycles. The fraction of sp³-hybridized carbons (Fsp3) is 0.500. The average molecular weight is 261 g/mol. The van der Waals surface area contributed by atoms with Gasteiger partial charge in [0.2, 0.25) is 11.9 Å². The number of anilines is 2. The molecule has 0 amide bonds. The van der Waals surface area contributed by atoms with Crippen molar-refractivity contribution in [3.8, 4) is 5.95 Å². The lowest BCUT2D eigenvalue weighted by Crippen LogP contribution is -2.17. The Bertz CT molecular complexity index is 600. The fourth-order valence-electron chi connectivity index (χ4n) is 1.68. The summed E-state index contributed by atoms with van der Waals surface area (Å²) in [6.07, 6.45) is 0. The molecule has 0 unspecified atom stereocenters. The Kier molecular flexibility index (Phi) is 3.37. The minimum absolute atomic E-state index is 0.525. The van der Waals surface area contributed by atoms with Crippen LogP contribution in [0.15, 0.2) is 0 Å². The molecule has 19 heavy (non-hydrogen) atoms. The van der Waals surface area contributed by atoms with E-state index in [9.17, 15) is 0 Å². The Hall–Kier alpha value is -2.18. The number of nitrogens with zero attached hydrogens (tertiary/aromatic N) is 6. The molecule has 0 saturated heterocycles. The van der Waals surface area contributed by atoms with E-state index in [1.807, 2.05) is 39.8 Å². The van der Waals surface area contributed by atoms with Crippen LogP contribution in [-0.4, -0.2) is 45.9 Å². The topological polar surface area (TPSA) is 71.8 Å². The van der Waals surface area contributed by atoms with E-state index >= 15 is 0 Å². The predicted molar refractivity (Wildman–Crippen MR) is 75.0 cm³/mol. The minimum Gasteiger partial charge on any atom is -0.357 e. The van der Waals surface area contributed by atoms with Crippen LogP contribution >= 0.6 is 0 Å². The van der Waals surface area contributed by atoms with Crippen molar-refractivity contribution < 1.29 is 0 Å². The van der Waals surface area contributed by atoms with Crippen molar-refractivity contribution in [2.75, 3.05) is 31.4 Å². The minimum atomic E-state index is 0.525. The van der Waals surface area contributed by atoms with Gasteiger partial charge in [-0.05, 0) is 26.3 Å². The lowest BCUT2D eigenvalue weighted by atomic mass is 10.2. The summed E-state index contributed by atoms with van der Waals surface area (Å²) in [6, 6.07) is 0. The first-order valence-corrected chi connectivity index (χ1v) is 6.08. The van der Waals surface area contributed by atoms with Gasteiger partial charge >= 0.3 is 0 Å². The number of rotatable bonds is 3. The number of nitrogens with one attached hydrogen (secondary N) is 1. The summed E-state index contributed by atoms with van der Waals surface area (Å²) in [5.41, 5.74) is 3.17. The third kappa shape index (κ3) is 2.35. The van der Waals surface area contributed by atoms with Gasteiger partial charge in [-0.3, -0.25) is 0 Å². The van der Waals surface area contributed by atoms with E-state index in [0.29, 0.717) is 17.8 Å². The molecule has 0 bridgehead atoms. The van der Waals surface area contributed by atoms with E-state index in [1.54, 1.807) is 11.7 Å². The third-order valence-corrected chi connectivity index (χ3v) is 3.08. The molecule has 0 atom stereocenters. The second kappa shape index (κ2) is 4.83. The van der Waals surface area contributed by atoms with E-state index in [4.69, 9.17) is 0 Å². The van der Waals surface area contributed by atoms with Crippen LogP contribution in [0.2, 0.25) is 0 Å². The monoisotopic (exact) mass is 261 g/mol. The molecular weight excluding hydrogens is 242 g/mol. The maximum absolute atomic E-state index is 4.47. The number of aryl methyl sites for hydroxylation is 1. The summed E-state index contributed by atoms with van der Waals surface area (Å²) in [5, 5.41) is 7.42. The molecule has 0 saturated carbocycles. The normalized spacial score (nSPS) is 10.6. The van der Waals surface area contributed by atoms with Gasteiger partial charge in [-0.15, -0.1) is 0 Å². The van der Waals surface area contributed by atoms with Crippen molar-refractivity contribution in [1.29, 1.82) is 0 Å². The summed E-state index contributed by atoms with van der Waals surface area (Å²) in [5.74, 6) is 1.65. The molecule has 0 radical (unpaired) electrons. The molecule has 2 aromatic heterocycles. The molecule has 0 aromatic carbocycles. The molecular formula is C12H19N7. The van der Waals surface area contributed by atoms with E-state index in [-0.39, 0.29) is 0 Å². The van der Waals surface area contributed by atoms with Crippen LogP contribution < -0.4 is 10.2 Å². The van der Waals surface area contributed by atoms with Gasteiger partial charge in [-0.2, -0.15) is 20.1 Å². The number of hydrogen-bond donors (Lipinski definition) is 1. The molecule has 7 heteroatoms. The van der Waals surface area contributed by atoms with Crippen LogP contribution in [0.5, 0.6) is 0 Å². The van der Waals surface area contributed by atoms with Crippen molar-refractivity contribution in [3.63, 3.8) is 0 Å². The largest absolute Gasteiger partial charge is 0.357 e. The highest BCUT2D eigenvalue weighted by Gasteiger charge is 2.14. The molecule has 0 spiro atoms. The van der Waals surface area contributed by atoms with Gasteiger partial charge < -0.3 is 10.2 Å². The van der Waals surface area contributed by atoms with Crippen LogP contribution in [0, 0.1) is 20.8 Å². The van der Waals surface area contributed by atoms with Crippen LogP contribution in [0.1, 0.15) is 17.0 Å². The first kappa shape index (κ1) is 13.3. The molecule has 2 aromatic rings. The standard InChI is InChI=1S/C12H19N7/c1-7-8(2)17-19(9(7)3)12-15-10(13-4)14-11(16-12)18(5)6/h1-6H3,(H,13,14,15,16). The zero-order valence-electron chi connectivity index (χ0n) is 12.2. The molecule has 1 N–H and O–H groups in total. The summed E-state index contributed by atoms with van der Waals surface area (Å²) < 4.78 is 1.75. The Balaban J connectivity index is 2.61. The molecule has 7 nitrogen and oxygen atoms in total. The predicted octanol–water partition coefficient (Wildman–Crippen LogP) is 1.09. The quantitative estimate of drug-likeness (QED) is 0.891. The Labute approximate surface area is 112 Å².